The van der Waals surface area contributed by atoms with Crippen LogP contribution in [0.5, 0.6) is 11.5 Å². The van der Waals surface area contributed by atoms with Crippen molar-refractivity contribution in [3.05, 3.63) is 119 Å². The van der Waals surface area contributed by atoms with Crippen LogP contribution in [0, 0.1) is 0 Å². The van der Waals surface area contributed by atoms with Gasteiger partial charge in [0.1, 0.15) is 17.2 Å². The molecule has 11 heteroatoms. The van der Waals surface area contributed by atoms with E-state index in [0.29, 0.717) is 33.5 Å². The van der Waals surface area contributed by atoms with E-state index in [1.54, 1.807) is 66.9 Å². The van der Waals surface area contributed by atoms with E-state index < -0.39 is 11.8 Å². The van der Waals surface area contributed by atoms with Gasteiger partial charge >= 0.3 is 0 Å². The molecule has 0 radical (unpaired) electrons. The summed E-state index contributed by atoms with van der Waals surface area (Å²) < 4.78 is 10.6. The van der Waals surface area contributed by atoms with Crippen LogP contribution >= 0.6 is 23.4 Å². The Bertz CT molecular complexity index is 1890. The van der Waals surface area contributed by atoms with Gasteiger partial charge in [0, 0.05) is 44.9 Å². The maximum Gasteiger partial charge on any atom is 0.272 e. The van der Waals surface area contributed by atoms with Crippen molar-refractivity contribution in [1.82, 2.24) is 10.3 Å². The third kappa shape index (κ3) is 7.86. The Morgan fingerprint density at radius 1 is 0.867 bits per heavy atom. The highest BCUT2D eigenvalue weighted by atomic mass is 35.5. The quantitative estimate of drug-likeness (QED) is 0.0913. The van der Waals surface area contributed by atoms with E-state index in [-0.39, 0.29) is 17.4 Å². The number of anilines is 2. The van der Waals surface area contributed by atoms with Gasteiger partial charge in [0.2, 0.25) is 5.91 Å². The Morgan fingerprint density at radius 3 is 2.40 bits per heavy atom. The normalized spacial score (nSPS) is 11.1. The number of rotatable bonds is 11. The van der Waals surface area contributed by atoms with E-state index in [4.69, 9.17) is 21.1 Å². The molecule has 0 saturated carbocycles. The number of ether oxygens (including phenoxy) is 2. The zero-order valence-corrected chi connectivity index (χ0v) is 25.9. The molecule has 5 rings (SSSR count). The molecular formula is C34H29ClN4O5S. The molecule has 45 heavy (non-hydrogen) atoms. The fourth-order valence-electron chi connectivity index (χ4n) is 4.47. The molecule has 0 aliphatic rings. The van der Waals surface area contributed by atoms with Crippen molar-refractivity contribution in [1.29, 1.82) is 0 Å². The minimum atomic E-state index is -0.507. The van der Waals surface area contributed by atoms with Gasteiger partial charge < -0.3 is 30.4 Å². The number of methoxy groups -OCH3 is 2. The first-order valence-corrected chi connectivity index (χ1v) is 15.1. The van der Waals surface area contributed by atoms with Gasteiger partial charge in [-0.1, -0.05) is 54.1 Å². The number of hydrogen-bond acceptors (Lipinski definition) is 6. The van der Waals surface area contributed by atoms with E-state index in [2.05, 4.69) is 20.9 Å². The van der Waals surface area contributed by atoms with Gasteiger partial charge in [-0.15, -0.1) is 11.8 Å². The van der Waals surface area contributed by atoms with Crippen LogP contribution in [0.1, 0.15) is 15.9 Å². The molecule has 5 aromatic rings. The van der Waals surface area contributed by atoms with E-state index in [9.17, 15) is 14.4 Å². The largest absolute Gasteiger partial charge is 0.495 e. The molecule has 1 heterocycles. The summed E-state index contributed by atoms with van der Waals surface area (Å²) in [4.78, 5) is 43.3. The smallest absolute Gasteiger partial charge is 0.272 e. The predicted molar refractivity (Wildman–Crippen MR) is 179 cm³/mol. The van der Waals surface area contributed by atoms with Crippen molar-refractivity contribution in [2.24, 2.45) is 0 Å². The number of thioether (sulfide) groups is 1. The Kier molecular flexibility index (Phi) is 10.1. The average Bonchev–Trinajstić information content (AvgIpc) is 3.47. The van der Waals surface area contributed by atoms with Crippen LogP contribution < -0.4 is 25.4 Å². The van der Waals surface area contributed by atoms with Crippen LogP contribution in [0.25, 0.3) is 17.0 Å². The maximum atomic E-state index is 13.5. The number of para-hydroxylation sites is 1. The molecule has 0 spiro atoms. The Hall–Kier alpha value is -5.19. The number of carbonyl (C=O) groups excluding carboxylic acids is 3. The third-order valence-corrected chi connectivity index (χ3v) is 7.95. The molecule has 9 nitrogen and oxygen atoms in total. The molecule has 0 unspecified atom stereocenters. The van der Waals surface area contributed by atoms with Gasteiger partial charge in [-0.05, 0) is 48.5 Å². The van der Waals surface area contributed by atoms with Crippen LogP contribution in [0.3, 0.4) is 0 Å². The number of aromatic amines is 1. The Morgan fingerprint density at radius 2 is 1.62 bits per heavy atom. The summed E-state index contributed by atoms with van der Waals surface area (Å²) in [6.07, 6.45) is 3.42. The van der Waals surface area contributed by atoms with Crippen molar-refractivity contribution in [3.8, 4) is 11.5 Å². The van der Waals surface area contributed by atoms with Crippen molar-refractivity contribution in [3.63, 3.8) is 0 Å². The van der Waals surface area contributed by atoms with Crippen LogP contribution in [0.4, 0.5) is 11.4 Å². The lowest BCUT2D eigenvalue weighted by atomic mass is 10.1. The lowest BCUT2D eigenvalue weighted by molar-refractivity contribution is -0.114. The predicted octanol–water partition coefficient (Wildman–Crippen LogP) is 6.98. The summed E-state index contributed by atoms with van der Waals surface area (Å²) in [5.41, 5.74) is 3.05. The van der Waals surface area contributed by atoms with Crippen LogP contribution in [0.15, 0.2) is 108 Å². The van der Waals surface area contributed by atoms with Crippen molar-refractivity contribution >= 4 is 69.4 Å². The van der Waals surface area contributed by atoms with Crippen molar-refractivity contribution in [2.45, 2.75) is 4.90 Å². The zero-order chi connectivity index (χ0) is 31.8. The first kappa shape index (κ1) is 31.2. The Labute approximate surface area is 269 Å². The number of amides is 3. The summed E-state index contributed by atoms with van der Waals surface area (Å²) >= 11 is 7.51. The molecule has 228 valence electrons. The number of benzene rings is 4. The number of carbonyl (C=O) groups is 3. The molecule has 0 saturated heterocycles. The second-order valence-electron chi connectivity index (χ2n) is 9.67. The van der Waals surface area contributed by atoms with Crippen LogP contribution in [0.2, 0.25) is 5.02 Å². The summed E-state index contributed by atoms with van der Waals surface area (Å²) in [6, 6.07) is 26.6. The maximum absolute atomic E-state index is 13.5. The van der Waals surface area contributed by atoms with Crippen molar-refractivity contribution in [2.75, 3.05) is 30.6 Å². The van der Waals surface area contributed by atoms with Gasteiger partial charge in [-0.25, -0.2) is 0 Å². The first-order chi connectivity index (χ1) is 21.8. The SMILES string of the molecule is COc1cc(OC)c(NC(=O)CSc2cccc(NC(=O)/C(=C/c3c[nH]c4ccccc34)NC(=O)c3ccccc3)c2)cc1Cl. The minimum Gasteiger partial charge on any atom is -0.495 e. The third-order valence-electron chi connectivity index (χ3n) is 6.66. The second kappa shape index (κ2) is 14.5. The second-order valence-corrected chi connectivity index (χ2v) is 11.1. The van der Waals surface area contributed by atoms with E-state index in [0.717, 1.165) is 21.4 Å². The number of hydrogen-bond donors (Lipinski definition) is 4. The van der Waals surface area contributed by atoms with Crippen LogP contribution in [-0.4, -0.2) is 42.7 Å². The highest BCUT2D eigenvalue weighted by Crippen LogP contribution is 2.36. The van der Waals surface area contributed by atoms with Gasteiger partial charge in [-0.3, -0.25) is 14.4 Å². The fourth-order valence-corrected chi connectivity index (χ4v) is 5.46. The molecule has 4 aromatic carbocycles. The van der Waals surface area contributed by atoms with Gasteiger partial charge in [-0.2, -0.15) is 0 Å². The van der Waals surface area contributed by atoms with Gasteiger partial charge in [0.25, 0.3) is 11.8 Å². The summed E-state index contributed by atoms with van der Waals surface area (Å²) in [5.74, 6) is -0.270. The molecule has 0 fully saturated rings. The highest BCUT2D eigenvalue weighted by molar-refractivity contribution is 8.00. The molecular weight excluding hydrogens is 612 g/mol. The topological polar surface area (TPSA) is 122 Å². The highest BCUT2D eigenvalue weighted by Gasteiger charge is 2.17. The van der Waals surface area contributed by atoms with Gasteiger partial charge in [0.15, 0.2) is 0 Å². The molecule has 0 aliphatic carbocycles. The summed E-state index contributed by atoms with van der Waals surface area (Å²) in [6.45, 7) is 0. The van der Waals surface area contributed by atoms with E-state index in [1.807, 2.05) is 36.4 Å². The van der Waals surface area contributed by atoms with Gasteiger partial charge in [0.05, 0.1) is 30.7 Å². The number of H-pyrrole nitrogens is 1. The monoisotopic (exact) mass is 640 g/mol. The van der Waals surface area contributed by atoms with Crippen molar-refractivity contribution < 1.29 is 23.9 Å². The molecule has 0 atom stereocenters. The van der Waals surface area contributed by atoms with E-state index in [1.165, 1.54) is 26.0 Å². The molecule has 3 amide bonds. The first-order valence-electron chi connectivity index (χ1n) is 13.7. The lowest BCUT2D eigenvalue weighted by Gasteiger charge is -2.13. The standard InChI is InChI=1S/C34H29ClN4O5S/c1-43-30-18-31(44-2)28(17-26(30)35)38-32(40)20-45-24-12-8-11-23(16-24)37-34(42)29(39-33(41)21-9-4-3-5-10-21)15-22-19-36-27-14-7-6-13-25(22)27/h3-19,36H,20H2,1-2H3,(H,37,42)(H,38,40)(H,39,41)/b29-15-. The lowest BCUT2D eigenvalue weighted by Crippen LogP contribution is -2.30. The number of aromatic nitrogens is 1. The Balaban J connectivity index is 1.30. The summed E-state index contributed by atoms with van der Waals surface area (Å²) in [7, 11) is 2.98. The number of fused-ring (bicyclic) bond motifs is 1. The molecule has 1 aromatic heterocycles. The fraction of sp³-hybridized carbons (Fsp3) is 0.0882. The number of nitrogens with one attached hydrogen (secondary N) is 4. The minimum absolute atomic E-state index is 0.0677. The van der Waals surface area contributed by atoms with E-state index >= 15 is 0 Å². The number of halogens is 1. The average molecular weight is 641 g/mol. The molecule has 0 bridgehead atoms. The molecule has 0 aliphatic heterocycles. The zero-order valence-electron chi connectivity index (χ0n) is 24.3. The summed E-state index contributed by atoms with van der Waals surface area (Å²) in [5, 5.41) is 9.68. The van der Waals surface area contributed by atoms with Crippen LogP contribution in [-0.2, 0) is 9.59 Å². The molecule has 4 N–H and O–H groups in total.